The zero-order chi connectivity index (χ0) is 17.4. The Morgan fingerprint density at radius 3 is 2.12 bits per heavy atom. The van der Waals surface area contributed by atoms with Crippen LogP contribution in [0.25, 0.3) is 0 Å². The second kappa shape index (κ2) is 4.51. The third-order valence-corrected chi connectivity index (χ3v) is 9.95. The first-order valence-electron chi connectivity index (χ1n) is 8.55. The predicted octanol–water partition coefficient (Wildman–Crippen LogP) is 4.61. The van der Waals surface area contributed by atoms with Gasteiger partial charge in [-0.1, -0.05) is 70.2 Å². The molecule has 0 N–H and O–H groups in total. The van der Waals surface area contributed by atoms with E-state index in [9.17, 15) is 8.42 Å². The Bertz CT molecular complexity index is 910. The molecule has 0 amide bonds. The van der Waals surface area contributed by atoms with E-state index in [2.05, 4.69) is 39.8 Å². The van der Waals surface area contributed by atoms with Crippen LogP contribution in [0.3, 0.4) is 0 Å². The van der Waals surface area contributed by atoms with Crippen molar-refractivity contribution in [2.45, 2.75) is 49.7 Å². The Hall–Kier alpha value is -1.61. The highest BCUT2D eigenvalue weighted by atomic mass is 32.2. The van der Waals surface area contributed by atoms with Crippen molar-refractivity contribution in [1.29, 1.82) is 0 Å². The van der Waals surface area contributed by atoms with Crippen LogP contribution < -0.4 is 0 Å². The van der Waals surface area contributed by atoms with Gasteiger partial charge in [0.2, 0.25) is 0 Å². The molecule has 2 aliphatic rings. The second-order valence-electron chi connectivity index (χ2n) is 8.36. The van der Waals surface area contributed by atoms with Gasteiger partial charge in [0.15, 0.2) is 9.84 Å². The maximum absolute atomic E-state index is 13.8. The lowest BCUT2D eigenvalue weighted by Gasteiger charge is -2.69. The van der Waals surface area contributed by atoms with Gasteiger partial charge in [-0.15, -0.1) is 0 Å². The molecule has 1 saturated carbocycles. The van der Waals surface area contributed by atoms with E-state index in [0.717, 1.165) is 0 Å². The average Bonchev–Trinajstić information content (AvgIpc) is 2.91. The van der Waals surface area contributed by atoms with Crippen molar-refractivity contribution in [3.63, 3.8) is 0 Å². The average molecular weight is 340 g/mol. The minimum atomic E-state index is -3.45. The molecule has 0 radical (unpaired) electrons. The van der Waals surface area contributed by atoms with Crippen LogP contribution in [0.1, 0.15) is 44.7 Å². The van der Waals surface area contributed by atoms with E-state index in [1.54, 1.807) is 12.1 Å². The molecule has 0 unspecified atom stereocenters. The van der Waals surface area contributed by atoms with Crippen molar-refractivity contribution >= 4 is 9.84 Å². The quantitative estimate of drug-likeness (QED) is 0.800. The maximum atomic E-state index is 13.8. The lowest BCUT2D eigenvalue weighted by Crippen LogP contribution is -2.73. The van der Waals surface area contributed by atoms with Crippen LogP contribution in [0.4, 0.5) is 0 Å². The summed E-state index contributed by atoms with van der Waals surface area (Å²) in [5.41, 5.74) is 2.04. The van der Waals surface area contributed by atoms with Gasteiger partial charge in [-0.05, 0) is 40.5 Å². The third kappa shape index (κ3) is 1.50. The Morgan fingerprint density at radius 1 is 0.875 bits per heavy atom. The first-order valence-corrected chi connectivity index (χ1v) is 10.0. The summed E-state index contributed by atoms with van der Waals surface area (Å²) in [6, 6.07) is 17.3. The third-order valence-electron chi connectivity index (χ3n) is 7.21. The van der Waals surface area contributed by atoms with Crippen LogP contribution in [-0.2, 0) is 16.3 Å². The summed E-state index contributed by atoms with van der Waals surface area (Å²) in [6.07, 6.45) is 0.613. The van der Waals surface area contributed by atoms with Gasteiger partial charge in [-0.25, -0.2) is 8.42 Å². The molecule has 2 aliphatic carbocycles. The van der Waals surface area contributed by atoms with Gasteiger partial charge >= 0.3 is 0 Å². The fraction of sp³-hybridized carbons (Fsp3) is 0.429. The van der Waals surface area contributed by atoms with Gasteiger partial charge in [0.05, 0.1) is 9.64 Å². The Labute approximate surface area is 144 Å². The molecule has 0 saturated heterocycles. The smallest absolute Gasteiger partial charge is 0.185 e. The molecular formula is C21H24O2S. The summed E-state index contributed by atoms with van der Waals surface area (Å²) < 4.78 is 26.8. The van der Waals surface area contributed by atoms with Gasteiger partial charge in [-0.2, -0.15) is 0 Å². The van der Waals surface area contributed by atoms with E-state index in [1.165, 1.54) is 11.1 Å². The van der Waals surface area contributed by atoms with E-state index in [1.807, 2.05) is 30.3 Å². The van der Waals surface area contributed by atoms with E-state index in [4.69, 9.17) is 0 Å². The number of hydrogen-bond donors (Lipinski definition) is 0. The van der Waals surface area contributed by atoms with Crippen molar-refractivity contribution in [3.8, 4) is 0 Å². The van der Waals surface area contributed by atoms with Crippen LogP contribution in [-0.4, -0.2) is 13.2 Å². The molecule has 1 fully saturated rings. The molecule has 2 aromatic carbocycles. The second-order valence-corrected chi connectivity index (χ2v) is 10.6. The largest absolute Gasteiger partial charge is 0.223 e. The minimum Gasteiger partial charge on any atom is -0.223 e. The van der Waals surface area contributed by atoms with Crippen molar-refractivity contribution in [2.75, 3.05) is 0 Å². The van der Waals surface area contributed by atoms with Gasteiger partial charge in [0.25, 0.3) is 0 Å². The molecule has 0 spiro atoms. The molecule has 0 heterocycles. The fourth-order valence-corrected chi connectivity index (χ4v) is 8.34. The molecule has 4 rings (SSSR count). The van der Waals surface area contributed by atoms with Crippen molar-refractivity contribution in [1.82, 2.24) is 0 Å². The maximum Gasteiger partial charge on any atom is 0.185 e. The minimum absolute atomic E-state index is 0.0430. The SMILES string of the molecule is CC1(C)[C@@H]2c3ccccc3C[C@@]2(S(=O)(=O)c2ccccc2)C1(C)C. The molecule has 0 bridgehead atoms. The van der Waals surface area contributed by atoms with Crippen LogP contribution >= 0.6 is 0 Å². The summed E-state index contributed by atoms with van der Waals surface area (Å²) in [7, 11) is -3.45. The number of fused-ring (bicyclic) bond motifs is 3. The molecule has 24 heavy (non-hydrogen) atoms. The molecule has 2 aromatic rings. The Kier molecular flexibility index (Phi) is 2.99. The number of rotatable bonds is 2. The molecule has 2 atom stereocenters. The van der Waals surface area contributed by atoms with E-state index < -0.39 is 14.6 Å². The molecule has 0 aromatic heterocycles. The van der Waals surface area contributed by atoms with E-state index in [0.29, 0.717) is 11.3 Å². The number of benzene rings is 2. The Morgan fingerprint density at radius 2 is 1.46 bits per heavy atom. The van der Waals surface area contributed by atoms with Crippen molar-refractivity contribution < 1.29 is 8.42 Å². The topological polar surface area (TPSA) is 34.1 Å². The van der Waals surface area contributed by atoms with E-state index >= 15 is 0 Å². The standard InChI is InChI=1S/C21H24O2S/c1-19(2)18-17-13-9-8-10-15(17)14-21(18,20(19,3)4)24(22,23)16-11-6-5-7-12-16/h5-13,18H,14H2,1-4H3/t18-,21-/m0/s1. The van der Waals surface area contributed by atoms with Crippen LogP contribution in [0.2, 0.25) is 0 Å². The lowest BCUT2D eigenvalue weighted by atomic mass is 9.40. The normalized spacial score (nSPS) is 29.4. The molecule has 126 valence electrons. The number of hydrogen-bond acceptors (Lipinski definition) is 2. The first kappa shape index (κ1) is 15.9. The summed E-state index contributed by atoms with van der Waals surface area (Å²) in [4.78, 5) is 0.450. The first-order chi connectivity index (χ1) is 11.2. The van der Waals surface area contributed by atoms with Gasteiger partial charge in [-0.3, -0.25) is 0 Å². The monoisotopic (exact) mass is 340 g/mol. The molecule has 0 aliphatic heterocycles. The highest BCUT2D eigenvalue weighted by Crippen LogP contribution is 2.77. The molecule has 2 nitrogen and oxygen atoms in total. The van der Waals surface area contributed by atoms with Gasteiger partial charge in [0.1, 0.15) is 0 Å². The summed E-state index contributed by atoms with van der Waals surface area (Å²) in [5.74, 6) is 0.0430. The summed E-state index contributed by atoms with van der Waals surface area (Å²) in [6.45, 7) is 8.71. The molecular weight excluding hydrogens is 316 g/mol. The highest BCUT2D eigenvalue weighted by molar-refractivity contribution is 7.93. The van der Waals surface area contributed by atoms with Gasteiger partial charge in [0, 0.05) is 5.92 Å². The van der Waals surface area contributed by atoms with E-state index in [-0.39, 0.29) is 16.7 Å². The zero-order valence-electron chi connectivity index (χ0n) is 14.7. The van der Waals surface area contributed by atoms with Crippen LogP contribution in [0, 0.1) is 10.8 Å². The van der Waals surface area contributed by atoms with Crippen LogP contribution in [0.15, 0.2) is 59.5 Å². The summed E-state index contributed by atoms with van der Waals surface area (Å²) in [5, 5.41) is 0. The summed E-state index contributed by atoms with van der Waals surface area (Å²) >= 11 is 0. The predicted molar refractivity (Wildman–Crippen MR) is 96.8 cm³/mol. The van der Waals surface area contributed by atoms with Gasteiger partial charge < -0.3 is 0 Å². The zero-order valence-corrected chi connectivity index (χ0v) is 15.5. The molecule has 3 heteroatoms. The van der Waals surface area contributed by atoms with Crippen molar-refractivity contribution in [2.24, 2.45) is 10.8 Å². The lowest BCUT2D eigenvalue weighted by molar-refractivity contribution is -0.0930. The Balaban J connectivity index is 2.00. The highest BCUT2D eigenvalue weighted by Gasteiger charge is 2.79. The van der Waals surface area contributed by atoms with Crippen molar-refractivity contribution in [3.05, 3.63) is 65.7 Å². The fourth-order valence-electron chi connectivity index (χ4n) is 5.39. The van der Waals surface area contributed by atoms with Crippen LogP contribution in [0.5, 0.6) is 0 Å². The number of sulfone groups is 1.